The first-order valence-corrected chi connectivity index (χ1v) is 5.34. The Kier molecular flexibility index (Phi) is 3.53. The molecule has 0 saturated heterocycles. The van der Waals surface area contributed by atoms with Crippen molar-refractivity contribution in [2.24, 2.45) is 0 Å². The molecule has 0 fully saturated rings. The highest BCUT2D eigenvalue weighted by atomic mass is 19.4. The van der Waals surface area contributed by atoms with Crippen LogP contribution in [0.15, 0.2) is 36.5 Å². The van der Waals surface area contributed by atoms with E-state index >= 15 is 0 Å². The lowest BCUT2D eigenvalue weighted by Crippen LogP contribution is -2.07. The Morgan fingerprint density at radius 2 is 1.84 bits per heavy atom. The molecule has 1 aromatic heterocycles. The van der Waals surface area contributed by atoms with Crippen LogP contribution in [0.5, 0.6) is 0 Å². The summed E-state index contributed by atoms with van der Waals surface area (Å²) >= 11 is 0. The first-order valence-electron chi connectivity index (χ1n) is 5.34. The topological polar surface area (TPSA) is 33.1 Å². The molecule has 0 bridgehead atoms. The summed E-state index contributed by atoms with van der Waals surface area (Å²) < 4.78 is 50.6. The van der Waals surface area contributed by atoms with Crippen molar-refractivity contribution >= 4 is 0 Å². The van der Waals surface area contributed by atoms with Gasteiger partial charge in [0.1, 0.15) is 11.5 Å². The van der Waals surface area contributed by atoms with E-state index in [1.54, 1.807) is 0 Å². The summed E-state index contributed by atoms with van der Waals surface area (Å²) in [6.45, 7) is -0.276. The first kappa shape index (κ1) is 13.5. The Morgan fingerprint density at radius 1 is 1.11 bits per heavy atom. The molecule has 0 amide bonds. The van der Waals surface area contributed by atoms with E-state index in [-0.39, 0.29) is 17.7 Å². The van der Waals surface area contributed by atoms with E-state index in [9.17, 15) is 17.6 Å². The summed E-state index contributed by atoms with van der Waals surface area (Å²) in [5.41, 5.74) is -0.236. The zero-order chi connectivity index (χ0) is 14.0. The van der Waals surface area contributed by atoms with Gasteiger partial charge >= 0.3 is 6.18 Å². The SMILES string of the molecule is OCc1ccc(F)c(-c2ccc(C(F)(F)F)nc2)c1. The number of nitrogens with zero attached hydrogens (tertiary/aromatic N) is 1. The minimum Gasteiger partial charge on any atom is -0.392 e. The molecule has 6 heteroatoms. The Bertz CT molecular complexity index is 578. The largest absolute Gasteiger partial charge is 0.433 e. The number of aromatic nitrogens is 1. The average molecular weight is 271 g/mol. The maximum absolute atomic E-state index is 13.6. The average Bonchev–Trinajstić information content (AvgIpc) is 2.38. The van der Waals surface area contributed by atoms with Gasteiger partial charge in [0, 0.05) is 17.3 Å². The summed E-state index contributed by atoms with van der Waals surface area (Å²) in [5.74, 6) is -0.584. The number of aliphatic hydroxyl groups is 1. The van der Waals surface area contributed by atoms with Crippen LogP contribution in [0.4, 0.5) is 17.6 Å². The van der Waals surface area contributed by atoms with Gasteiger partial charge < -0.3 is 5.11 Å². The molecular formula is C13H9F4NO. The third-order valence-electron chi connectivity index (χ3n) is 2.58. The molecule has 1 heterocycles. The number of hydrogen-bond acceptors (Lipinski definition) is 2. The first-order chi connectivity index (χ1) is 8.91. The maximum Gasteiger partial charge on any atom is 0.433 e. The van der Waals surface area contributed by atoms with E-state index < -0.39 is 17.7 Å². The van der Waals surface area contributed by atoms with Crippen LogP contribution in [0, 0.1) is 5.82 Å². The fourth-order valence-corrected chi connectivity index (χ4v) is 1.61. The lowest BCUT2D eigenvalue weighted by molar-refractivity contribution is -0.141. The summed E-state index contributed by atoms with van der Waals surface area (Å²) in [6.07, 6.45) is -3.56. The van der Waals surface area contributed by atoms with E-state index in [1.807, 2.05) is 0 Å². The van der Waals surface area contributed by atoms with Crippen molar-refractivity contribution in [2.45, 2.75) is 12.8 Å². The van der Waals surface area contributed by atoms with Gasteiger partial charge in [0.25, 0.3) is 0 Å². The minimum atomic E-state index is -4.52. The second-order valence-corrected chi connectivity index (χ2v) is 3.90. The van der Waals surface area contributed by atoms with Gasteiger partial charge in [0.2, 0.25) is 0 Å². The molecule has 2 rings (SSSR count). The van der Waals surface area contributed by atoms with Crippen LogP contribution in [-0.4, -0.2) is 10.1 Å². The number of hydrogen-bond donors (Lipinski definition) is 1. The van der Waals surface area contributed by atoms with Gasteiger partial charge in [-0.2, -0.15) is 13.2 Å². The second kappa shape index (κ2) is 4.97. The monoisotopic (exact) mass is 271 g/mol. The van der Waals surface area contributed by atoms with Crippen LogP contribution in [0.2, 0.25) is 0 Å². The Labute approximate surface area is 106 Å². The summed E-state index contributed by atoms with van der Waals surface area (Å²) in [4.78, 5) is 3.27. The molecule has 0 saturated carbocycles. The third-order valence-corrected chi connectivity index (χ3v) is 2.58. The van der Waals surface area contributed by atoms with Crippen molar-refractivity contribution in [3.05, 3.63) is 53.6 Å². The van der Waals surface area contributed by atoms with E-state index in [0.717, 1.165) is 24.4 Å². The van der Waals surface area contributed by atoms with Gasteiger partial charge in [0.05, 0.1) is 6.61 Å². The number of pyridine rings is 1. The van der Waals surface area contributed by atoms with Crippen LogP contribution in [0.3, 0.4) is 0 Å². The molecular weight excluding hydrogens is 262 g/mol. The van der Waals surface area contributed by atoms with Gasteiger partial charge in [-0.25, -0.2) is 4.39 Å². The predicted molar refractivity (Wildman–Crippen MR) is 60.6 cm³/mol. The zero-order valence-electron chi connectivity index (χ0n) is 9.58. The predicted octanol–water partition coefficient (Wildman–Crippen LogP) is 3.40. The smallest absolute Gasteiger partial charge is 0.392 e. The van der Waals surface area contributed by atoms with Crippen LogP contribution in [0.25, 0.3) is 11.1 Å². The summed E-state index contributed by atoms with van der Waals surface area (Å²) in [7, 11) is 0. The minimum absolute atomic E-state index is 0.104. The normalized spacial score (nSPS) is 11.6. The van der Waals surface area contributed by atoms with Crippen molar-refractivity contribution in [1.29, 1.82) is 0 Å². The van der Waals surface area contributed by atoms with Crippen LogP contribution in [0.1, 0.15) is 11.3 Å². The molecule has 0 unspecified atom stereocenters. The number of alkyl halides is 3. The van der Waals surface area contributed by atoms with Gasteiger partial charge in [0.15, 0.2) is 0 Å². The lowest BCUT2D eigenvalue weighted by Gasteiger charge is -2.08. The van der Waals surface area contributed by atoms with Crippen molar-refractivity contribution < 1.29 is 22.7 Å². The number of aliphatic hydroxyl groups excluding tert-OH is 1. The number of benzene rings is 1. The second-order valence-electron chi connectivity index (χ2n) is 3.90. The Morgan fingerprint density at radius 3 is 2.37 bits per heavy atom. The molecule has 0 aliphatic rings. The van der Waals surface area contributed by atoms with Gasteiger partial charge in [-0.15, -0.1) is 0 Å². The summed E-state index contributed by atoms with van der Waals surface area (Å²) in [5, 5.41) is 8.96. The van der Waals surface area contributed by atoms with E-state index in [1.165, 1.54) is 12.1 Å². The molecule has 0 aliphatic carbocycles. The fourth-order valence-electron chi connectivity index (χ4n) is 1.61. The van der Waals surface area contributed by atoms with E-state index in [0.29, 0.717) is 5.56 Å². The molecule has 19 heavy (non-hydrogen) atoms. The van der Waals surface area contributed by atoms with Crippen molar-refractivity contribution in [3.8, 4) is 11.1 Å². The van der Waals surface area contributed by atoms with Gasteiger partial charge in [-0.1, -0.05) is 12.1 Å². The molecule has 0 aliphatic heterocycles. The summed E-state index contributed by atoms with van der Waals surface area (Å²) in [6, 6.07) is 5.87. The van der Waals surface area contributed by atoms with E-state index in [2.05, 4.69) is 4.98 Å². The highest BCUT2D eigenvalue weighted by Gasteiger charge is 2.32. The quantitative estimate of drug-likeness (QED) is 0.849. The molecule has 100 valence electrons. The molecule has 1 N–H and O–H groups in total. The van der Waals surface area contributed by atoms with Crippen LogP contribution >= 0.6 is 0 Å². The highest BCUT2D eigenvalue weighted by Crippen LogP contribution is 2.30. The molecule has 2 nitrogen and oxygen atoms in total. The van der Waals surface area contributed by atoms with Gasteiger partial charge in [-0.05, 0) is 23.8 Å². The molecule has 0 atom stereocenters. The maximum atomic E-state index is 13.6. The molecule has 2 aromatic rings. The van der Waals surface area contributed by atoms with Crippen molar-refractivity contribution in [3.63, 3.8) is 0 Å². The van der Waals surface area contributed by atoms with Crippen LogP contribution in [-0.2, 0) is 12.8 Å². The fraction of sp³-hybridized carbons (Fsp3) is 0.154. The van der Waals surface area contributed by atoms with Crippen molar-refractivity contribution in [1.82, 2.24) is 4.98 Å². The Balaban J connectivity index is 2.42. The van der Waals surface area contributed by atoms with E-state index in [4.69, 9.17) is 5.11 Å². The number of halogens is 4. The highest BCUT2D eigenvalue weighted by molar-refractivity contribution is 5.64. The number of rotatable bonds is 2. The third kappa shape index (κ3) is 2.90. The molecule has 0 radical (unpaired) electrons. The van der Waals surface area contributed by atoms with Crippen molar-refractivity contribution in [2.75, 3.05) is 0 Å². The molecule has 0 spiro atoms. The zero-order valence-corrected chi connectivity index (χ0v) is 9.58. The molecule has 1 aromatic carbocycles. The Hall–Kier alpha value is -1.95. The standard InChI is InChI=1S/C13H9F4NO/c14-11-3-1-8(7-19)5-10(11)9-2-4-12(18-6-9)13(15,16)17/h1-6,19H,7H2. The lowest BCUT2D eigenvalue weighted by atomic mass is 10.0. The van der Waals surface area contributed by atoms with Crippen LogP contribution < -0.4 is 0 Å². The van der Waals surface area contributed by atoms with Gasteiger partial charge in [-0.3, -0.25) is 4.98 Å².